The number of hydrogen-bond acceptors (Lipinski definition) is 8. The minimum Gasteiger partial charge on any atom is -0.322 e. The van der Waals surface area contributed by atoms with Crippen molar-refractivity contribution in [2.75, 3.05) is 10.0 Å². The van der Waals surface area contributed by atoms with Gasteiger partial charge in [0.05, 0.1) is 28.3 Å². The summed E-state index contributed by atoms with van der Waals surface area (Å²) in [5.74, 6) is 0.459. The van der Waals surface area contributed by atoms with E-state index in [9.17, 15) is 13.2 Å². The van der Waals surface area contributed by atoms with E-state index >= 15 is 0 Å². The van der Waals surface area contributed by atoms with Crippen LogP contribution in [0.1, 0.15) is 15.9 Å². The number of rotatable bonds is 8. The Morgan fingerprint density at radius 2 is 1.68 bits per heavy atom. The summed E-state index contributed by atoms with van der Waals surface area (Å²) in [7, 11) is -3.89. The van der Waals surface area contributed by atoms with Crippen molar-refractivity contribution in [3.63, 3.8) is 0 Å². The fourth-order valence-electron chi connectivity index (χ4n) is 3.44. The lowest BCUT2D eigenvalue weighted by Crippen LogP contribution is -2.15. The molecule has 0 saturated heterocycles. The molecule has 2 aromatic heterocycles. The van der Waals surface area contributed by atoms with Crippen LogP contribution in [0.2, 0.25) is 0 Å². The van der Waals surface area contributed by atoms with Gasteiger partial charge in [0.2, 0.25) is 0 Å². The number of thioether (sulfide) groups is 1. The number of aromatic nitrogens is 4. The highest BCUT2D eigenvalue weighted by Gasteiger charge is 2.16. The van der Waals surface area contributed by atoms with Gasteiger partial charge in [0.1, 0.15) is 5.03 Å². The zero-order valence-electron chi connectivity index (χ0n) is 19.3. The summed E-state index contributed by atoms with van der Waals surface area (Å²) in [6.07, 6.45) is 6.31. The molecule has 5 aromatic rings. The summed E-state index contributed by atoms with van der Waals surface area (Å²) >= 11 is 1.53. The van der Waals surface area contributed by atoms with Crippen LogP contribution in [0.4, 0.5) is 11.5 Å². The maximum Gasteiger partial charge on any atom is 0.263 e. The van der Waals surface area contributed by atoms with Crippen molar-refractivity contribution in [2.45, 2.75) is 15.7 Å². The molecule has 3 aromatic carbocycles. The first-order chi connectivity index (χ1) is 18.0. The maximum absolute atomic E-state index is 12.8. The van der Waals surface area contributed by atoms with Gasteiger partial charge in [-0.3, -0.25) is 19.5 Å². The fraction of sp³-hybridized carbons (Fsp3) is 0.0385. The van der Waals surface area contributed by atoms with Gasteiger partial charge in [-0.1, -0.05) is 24.3 Å². The molecule has 0 saturated carbocycles. The molecule has 0 aliphatic carbocycles. The van der Waals surface area contributed by atoms with Crippen LogP contribution in [0.5, 0.6) is 0 Å². The van der Waals surface area contributed by atoms with Gasteiger partial charge in [0.25, 0.3) is 15.9 Å². The van der Waals surface area contributed by atoms with Crippen LogP contribution >= 0.6 is 11.8 Å². The Balaban J connectivity index is 1.23. The van der Waals surface area contributed by atoms with Crippen LogP contribution in [0.25, 0.3) is 11.0 Å². The fourth-order valence-corrected chi connectivity index (χ4v) is 5.19. The van der Waals surface area contributed by atoms with Crippen LogP contribution in [-0.4, -0.2) is 34.3 Å². The lowest BCUT2D eigenvalue weighted by atomic mass is 10.1. The summed E-state index contributed by atoms with van der Waals surface area (Å²) in [4.78, 5) is 29.6. The summed E-state index contributed by atoms with van der Waals surface area (Å²) < 4.78 is 28.1. The second-order valence-electron chi connectivity index (χ2n) is 7.86. The average Bonchev–Trinajstić information content (AvgIpc) is 2.93. The number of nitrogens with one attached hydrogen (secondary N) is 2. The number of fused-ring (bicyclic) bond motifs is 1. The predicted octanol–water partition coefficient (Wildman–Crippen LogP) is 4.77. The van der Waals surface area contributed by atoms with E-state index < -0.39 is 10.0 Å². The Morgan fingerprint density at radius 1 is 0.865 bits per heavy atom. The molecule has 2 N–H and O–H groups in total. The number of amides is 1. The minimum absolute atomic E-state index is 0.0310. The predicted molar refractivity (Wildman–Crippen MR) is 143 cm³/mol. The van der Waals surface area contributed by atoms with Crippen LogP contribution < -0.4 is 10.0 Å². The SMILES string of the molecule is O=C(Nc1ccc(S(=O)(=O)Nc2cnc3ccccc3n2)cc1)c1cccc(CSc2cnccn2)c1. The molecule has 0 aliphatic heterocycles. The Hall–Kier alpha value is -4.35. The molecule has 5 rings (SSSR count). The van der Waals surface area contributed by atoms with Gasteiger partial charge in [0, 0.05) is 29.4 Å². The molecule has 37 heavy (non-hydrogen) atoms. The van der Waals surface area contributed by atoms with E-state index in [-0.39, 0.29) is 16.6 Å². The number of sulfonamides is 1. The summed E-state index contributed by atoms with van der Waals surface area (Å²) in [6, 6.07) is 20.4. The molecule has 0 unspecified atom stereocenters. The van der Waals surface area contributed by atoms with Crippen molar-refractivity contribution in [2.24, 2.45) is 0 Å². The molecule has 11 heteroatoms. The average molecular weight is 529 g/mol. The number of carbonyl (C=O) groups is 1. The zero-order chi connectivity index (χ0) is 25.7. The first-order valence-corrected chi connectivity index (χ1v) is 13.6. The Bertz CT molecular complexity index is 1660. The molecule has 0 radical (unpaired) electrons. The summed E-state index contributed by atoms with van der Waals surface area (Å²) in [5.41, 5.74) is 3.17. The Morgan fingerprint density at radius 3 is 2.46 bits per heavy atom. The molecule has 0 fully saturated rings. The van der Waals surface area contributed by atoms with E-state index in [4.69, 9.17) is 0 Å². The molecule has 184 valence electrons. The summed E-state index contributed by atoms with van der Waals surface area (Å²) in [5, 5.41) is 3.60. The van der Waals surface area contributed by atoms with E-state index in [2.05, 4.69) is 30.0 Å². The van der Waals surface area contributed by atoms with E-state index in [1.807, 2.05) is 24.3 Å². The summed E-state index contributed by atoms with van der Waals surface area (Å²) in [6.45, 7) is 0. The smallest absolute Gasteiger partial charge is 0.263 e. The zero-order valence-corrected chi connectivity index (χ0v) is 20.9. The van der Waals surface area contributed by atoms with Crippen LogP contribution in [0.15, 0.2) is 108 Å². The minimum atomic E-state index is -3.89. The number of nitrogens with zero attached hydrogens (tertiary/aromatic N) is 4. The number of hydrogen-bond donors (Lipinski definition) is 2. The van der Waals surface area contributed by atoms with Gasteiger partial charge in [-0.25, -0.2) is 18.4 Å². The van der Waals surface area contributed by atoms with Crippen molar-refractivity contribution < 1.29 is 13.2 Å². The van der Waals surface area contributed by atoms with Crippen molar-refractivity contribution in [1.29, 1.82) is 0 Å². The highest BCUT2D eigenvalue weighted by atomic mass is 32.2. The first-order valence-electron chi connectivity index (χ1n) is 11.1. The third kappa shape index (κ3) is 6.08. The van der Waals surface area contributed by atoms with Crippen LogP contribution in [0, 0.1) is 0 Å². The molecule has 0 bridgehead atoms. The Labute approximate surface area is 217 Å². The van der Waals surface area contributed by atoms with Gasteiger partial charge in [-0.2, -0.15) is 0 Å². The number of para-hydroxylation sites is 2. The van der Waals surface area contributed by atoms with Gasteiger partial charge < -0.3 is 5.32 Å². The largest absolute Gasteiger partial charge is 0.322 e. The van der Waals surface area contributed by atoms with Crippen molar-refractivity contribution in [1.82, 2.24) is 19.9 Å². The highest BCUT2D eigenvalue weighted by Crippen LogP contribution is 2.22. The molecule has 2 heterocycles. The quantitative estimate of drug-likeness (QED) is 0.276. The van der Waals surface area contributed by atoms with E-state index in [1.54, 1.807) is 42.9 Å². The number of carbonyl (C=O) groups excluding carboxylic acids is 1. The third-order valence-electron chi connectivity index (χ3n) is 5.23. The molecule has 1 amide bonds. The molecular weight excluding hydrogens is 508 g/mol. The molecular formula is C26H20N6O3S2. The van der Waals surface area contributed by atoms with Crippen molar-refractivity contribution in [3.05, 3.63) is 109 Å². The van der Waals surface area contributed by atoms with E-state index in [0.717, 1.165) is 10.6 Å². The van der Waals surface area contributed by atoms with Gasteiger partial charge in [-0.15, -0.1) is 11.8 Å². The highest BCUT2D eigenvalue weighted by molar-refractivity contribution is 7.98. The number of benzene rings is 3. The normalized spacial score (nSPS) is 11.2. The molecule has 0 spiro atoms. The van der Waals surface area contributed by atoms with Gasteiger partial charge in [-0.05, 0) is 54.1 Å². The maximum atomic E-state index is 12.8. The van der Waals surface area contributed by atoms with E-state index in [1.165, 1.54) is 42.2 Å². The lowest BCUT2D eigenvalue weighted by molar-refractivity contribution is 0.102. The monoisotopic (exact) mass is 528 g/mol. The van der Waals surface area contributed by atoms with Gasteiger partial charge in [0.15, 0.2) is 5.82 Å². The molecule has 9 nitrogen and oxygen atoms in total. The number of anilines is 2. The van der Waals surface area contributed by atoms with Crippen LogP contribution in [-0.2, 0) is 15.8 Å². The first kappa shape index (κ1) is 24.3. The second kappa shape index (κ2) is 10.7. The molecule has 0 atom stereocenters. The van der Waals surface area contributed by atoms with E-state index in [0.29, 0.717) is 28.0 Å². The second-order valence-corrected chi connectivity index (χ2v) is 10.5. The van der Waals surface area contributed by atoms with Gasteiger partial charge >= 0.3 is 0 Å². The third-order valence-corrected chi connectivity index (χ3v) is 7.58. The van der Waals surface area contributed by atoms with Crippen LogP contribution in [0.3, 0.4) is 0 Å². The lowest BCUT2D eigenvalue weighted by Gasteiger charge is -2.10. The molecule has 0 aliphatic rings. The Kier molecular flexibility index (Phi) is 7.06. The van der Waals surface area contributed by atoms with Crippen molar-refractivity contribution in [3.8, 4) is 0 Å². The topological polar surface area (TPSA) is 127 Å². The standard InChI is InChI=1S/C26H20N6O3S2/c33-26(19-5-3-4-18(14-19)17-36-25-16-27-12-13-28-25)30-20-8-10-21(11-9-20)37(34,35)32-24-15-29-22-6-1-2-7-23(22)31-24/h1-16H,17H2,(H,30,33)(H,31,32). The van der Waals surface area contributed by atoms with Crippen molar-refractivity contribution >= 4 is 50.2 Å².